The molecule has 1 amide bonds. The first-order valence-electron chi connectivity index (χ1n) is 6.58. The van der Waals surface area contributed by atoms with Gasteiger partial charge in [-0.15, -0.1) is 35.8 Å². The molecule has 9 heteroatoms. The number of amides is 1. The van der Waals surface area contributed by atoms with Gasteiger partial charge in [0, 0.05) is 5.38 Å². The second-order valence-electron chi connectivity index (χ2n) is 4.51. The van der Waals surface area contributed by atoms with Crippen LogP contribution in [-0.4, -0.2) is 17.3 Å². The Kier molecular flexibility index (Phi) is 4.54. The Morgan fingerprint density at radius 3 is 2.62 bits per heavy atom. The third kappa shape index (κ3) is 3.92. The number of halogens is 3. The zero-order chi connectivity index (χ0) is 17.2. The Balaban J connectivity index is 1.78. The number of hydrogen-bond donors (Lipinski definition) is 1. The topological polar surface area (TPSA) is 51.2 Å². The molecule has 0 saturated carbocycles. The lowest BCUT2D eigenvalue weighted by molar-refractivity contribution is -0.274. The van der Waals surface area contributed by atoms with Gasteiger partial charge in [0.15, 0.2) is 5.75 Å². The van der Waals surface area contributed by atoms with Crippen molar-refractivity contribution >= 4 is 34.3 Å². The summed E-state index contributed by atoms with van der Waals surface area (Å²) >= 11 is 2.77. The first kappa shape index (κ1) is 16.5. The van der Waals surface area contributed by atoms with E-state index in [-0.39, 0.29) is 11.4 Å². The molecule has 2 heterocycles. The number of anilines is 1. The number of alkyl halides is 3. The molecule has 0 aliphatic heterocycles. The minimum absolute atomic E-state index is 0.0782. The van der Waals surface area contributed by atoms with E-state index in [4.69, 9.17) is 0 Å². The SMILES string of the molecule is O=C(Nc1ccccc1OC(F)(F)F)c1csc(-c2cccs2)n1. The molecular formula is C15H9F3N2O2S2. The number of carbonyl (C=O) groups is 1. The van der Waals surface area contributed by atoms with Crippen LogP contribution >= 0.6 is 22.7 Å². The van der Waals surface area contributed by atoms with E-state index >= 15 is 0 Å². The number of rotatable bonds is 4. The first-order valence-corrected chi connectivity index (χ1v) is 8.34. The number of hydrogen-bond acceptors (Lipinski definition) is 5. The molecule has 0 spiro atoms. The largest absolute Gasteiger partial charge is 0.573 e. The number of para-hydroxylation sites is 2. The van der Waals surface area contributed by atoms with Crippen molar-refractivity contribution < 1.29 is 22.7 Å². The summed E-state index contributed by atoms with van der Waals surface area (Å²) in [6, 6.07) is 9.07. The number of thiazole rings is 1. The van der Waals surface area contributed by atoms with Crippen molar-refractivity contribution in [3.63, 3.8) is 0 Å². The molecule has 1 N–H and O–H groups in total. The lowest BCUT2D eigenvalue weighted by Gasteiger charge is -2.13. The lowest BCUT2D eigenvalue weighted by Crippen LogP contribution is -2.19. The van der Waals surface area contributed by atoms with Crippen LogP contribution in [0.3, 0.4) is 0 Å². The number of ether oxygens (including phenoxy) is 1. The molecule has 0 atom stereocenters. The van der Waals surface area contributed by atoms with Gasteiger partial charge < -0.3 is 10.1 Å². The molecule has 24 heavy (non-hydrogen) atoms. The van der Waals surface area contributed by atoms with Crippen LogP contribution in [0, 0.1) is 0 Å². The van der Waals surface area contributed by atoms with Crippen LogP contribution in [-0.2, 0) is 0 Å². The zero-order valence-electron chi connectivity index (χ0n) is 11.8. The van der Waals surface area contributed by atoms with Gasteiger partial charge in [-0.2, -0.15) is 0 Å². The van der Waals surface area contributed by atoms with Crippen molar-refractivity contribution in [3.05, 3.63) is 52.9 Å². The Hall–Kier alpha value is -2.39. The third-order valence-corrected chi connectivity index (χ3v) is 4.71. The van der Waals surface area contributed by atoms with Gasteiger partial charge in [0.1, 0.15) is 10.7 Å². The van der Waals surface area contributed by atoms with Crippen molar-refractivity contribution in [1.82, 2.24) is 4.98 Å². The fraction of sp³-hybridized carbons (Fsp3) is 0.0667. The zero-order valence-corrected chi connectivity index (χ0v) is 13.5. The molecule has 0 aliphatic rings. The van der Waals surface area contributed by atoms with Crippen LogP contribution in [0.4, 0.5) is 18.9 Å². The third-order valence-electron chi connectivity index (χ3n) is 2.83. The quantitative estimate of drug-likeness (QED) is 0.701. The summed E-state index contributed by atoms with van der Waals surface area (Å²) in [6.07, 6.45) is -4.84. The summed E-state index contributed by atoms with van der Waals surface area (Å²) < 4.78 is 41.1. The molecule has 0 aliphatic carbocycles. The minimum atomic E-state index is -4.84. The first-order chi connectivity index (χ1) is 11.4. The average molecular weight is 370 g/mol. The van der Waals surface area contributed by atoms with Gasteiger partial charge in [-0.05, 0) is 23.6 Å². The number of carbonyl (C=O) groups excluding carboxylic acids is 1. The maximum absolute atomic E-state index is 12.4. The molecule has 3 rings (SSSR count). The standard InChI is InChI=1S/C15H9F3N2O2S2/c16-15(17,18)22-11-5-2-1-4-9(11)19-13(21)10-8-24-14(20-10)12-6-3-7-23-12/h1-8H,(H,19,21). The van der Waals surface area contributed by atoms with Crippen LogP contribution in [0.2, 0.25) is 0 Å². The molecule has 0 radical (unpaired) electrons. The summed E-state index contributed by atoms with van der Waals surface area (Å²) in [6.45, 7) is 0. The van der Waals surface area contributed by atoms with E-state index in [2.05, 4.69) is 15.0 Å². The smallest absolute Gasteiger partial charge is 0.404 e. The Labute approximate surface area is 142 Å². The van der Waals surface area contributed by atoms with Gasteiger partial charge in [-0.25, -0.2) is 4.98 Å². The van der Waals surface area contributed by atoms with E-state index in [1.807, 2.05) is 17.5 Å². The highest BCUT2D eigenvalue weighted by Crippen LogP contribution is 2.31. The number of aromatic nitrogens is 1. The fourth-order valence-electron chi connectivity index (χ4n) is 1.86. The Morgan fingerprint density at radius 2 is 1.92 bits per heavy atom. The number of nitrogens with zero attached hydrogens (tertiary/aromatic N) is 1. The van der Waals surface area contributed by atoms with Crippen molar-refractivity contribution in [2.24, 2.45) is 0 Å². The Morgan fingerprint density at radius 1 is 1.12 bits per heavy atom. The van der Waals surface area contributed by atoms with Crippen LogP contribution < -0.4 is 10.1 Å². The summed E-state index contributed by atoms with van der Waals surface area (Å²) in [5.41, 5.74) is 0.0516. The predicted molar refractivity (Wildman–Crippen MR) is 86.5 cm³/mol. The molecule has 3 aromatic rings. The Bertz CT molecular complexity index is 845. The van der Waals surface area contributed by atoms with Gasteiger partial charge in [0.05, 0.1) is 10.6 Å². The molecule has 2 aromatic heterocycles. The van der Waals surface area contributed by atoms with Gasteiger partial charge in [-0.1, -0.05) is 18.2 Å². The van der Waals surface area contributed by atoms with Crippen LogP contribution in [0.15, 0.2) is 47.2 Å². The van der Waals surface area contributed by atoms with Crippen molar-refractivity contribution in [3.8, 4) is 15.6 Å². The highest BCUT2D eigenvalue weighted by atomic mass is 32.1. The summed E-state index contributed by atoms with van der Waals surface area (Å²) in [5, 5.41) is 6.51. The normalized spacial score (nSPS) is 11.3. The molecule has 0 fully saturated rings. The van der Waals surface area contributed by atoms with E-state index in [1.54, 1.807) is 5.38 Å². The van der Waals surface area contributed by atoms with Gasteiger partial charge in [0.25, 0.3) is 5.91 Å². The number of thiophene rings is 1. The van der Waals surface area contributed by atoms with E-state index in [1.165, 1.54) is 40.9 Å². The van der Waals surface area contributed by atoms with E-state index < -0.39 is 18.0 Å². The highest BCUT2D eigenvalue weighted by molar-refractivity contribution is 7.20. The molecule has 4 nitrogen and oxygen atoms in total. The molecule has 0 bridgehead atoms. The minimum Gasteiger partial charge on any atom is -0.404 e. The fourth-order valence-corrected chi connectivity index (χ4v) is 3.48. The lowest BCUT2D eigenvalue weighted by atomic mass is 10.3. The second kappa shape index (κ2) is 6.62. The number of benzene rings is 1. The molecule has 1 aromatic carbocycles. The summed E-state index contributed by atoms with van der Waals surface area (Å²) in [7, 11) is 0. The molecular weight excluding hydrogens is 361 g/mol. The van der Waals surface area contributed by atoms with Crippen molar-refractivity contribution in [2.45, 2.75) is 6.36 Å². The van der Waals surface area contributed by atoms with Gasteiger partial charge >= 0.3 is 6.36 Å². The monoisotopic (exact) mass is 370 g/mol. The van der Waals surface area contributed by atoms with Crippen molar-refractivity contribution in [1.29, 1.82) is 0 Å². The summed E-state index contributed by atoms with van der Waals surface area (Å²) in [5.74, 6) is -1.08. The van der Waals surface area contributed by atoms with E-state index in [0.29, 0.717) is 5.01 Å². The number of nitrogens with one attached hydrogen (secondary N) is 1. The summed E-state index contributed by atoms with van der Waals surface area (Å²) in [4.78, 5) is 17.3. The van der Waals surface area contributed by atoms with Crippen LogP contribution in [0.25, 0.3) is 9.88 Å². The maximum atomic E-state index is 12.4. The van der Waals surface area contributed by atoms with Crippen LogP contribution in [0.5, 0.6) is 5.75 Å². The van der Waals surface area contributed by atoms with E-state index in [9.17, 15) is 18.0 Å². The molecule has 124 valence electrons. The second-order valence-corrected chi connectivity index (χ2v) is 6.32. The molecule has 0 saturated heterocycles. The van der Waals surface area contributed by atoms with E-state index in [0.717, 1.165) is 10.9 Å². The van der Waals surface area contributed by atoms with Crippen molar-refractivity contribution in [2.75, 3.05) is 5.32 Å². The van der Waals surface area contributed by atoms with Gasteiger partial charge in [-0.3, -0.25) is 4.79 Å². The average Bonchev–Trinajstić information content (AvgIpc) is 3.18. The molecule has 0 unspecified atom stereocenters. The highest BCUT2D eigenvalue weighted by Gasteiger charge is 2.32. The van der Waals surface area contributed by atoms with Crippen LogP contribution in [0.1, 0.15) is 10.5 Å². The maximum Gasteiger partial charge on any atom is 0.573 e. The van der Waals surface area contributed by atoms with Gasteiger partial charge in [0.2, 0.25) is 0 Å². The predicted octanol–water partition coefficient (Wildman–Crippen LogP) is 5.02.